The Morgan fingerprint density at radius 3 is 2.52 bits per heavy atom. The van der Waals surface area contributed by atoms with E-state index in [4.69, 9.17) is 4.74 Å². The number of nitrogens with zero attached hydrogens (tertiary/aromatic N) is 2. The van der Waals surface area contributed by atoms with Crippen LogP contribution in [0.4, 0.5) is 0 Å². The number of aromatic nitrogens is 2. The number of hydrogen-bond donors (Lipinski definition) is 2. The number of fused-ring (bicyclic) bond motifs is 1. The van der Waals surface area contributed by atoms with Crippen LogP contribution in [-0.2, 0) is 12.8 Å². The number of H-pyrrole nitrogens is 1. The maximum atomic E-state index is 12.5. The van der Waals surface area contributed by atoms with Crippen molar-refractivity contribution in [3.63, 3.8) is 0 Å². The molecule has 1 aromatic heterocycles. The second-order valence-corrected chi connectivity index (χ2v) is 7.23. The van der Waals surface area contributed by atoms with Gasteiger partial charge in [-0.15, -0.1) is 0 Å². The van der Waals surface area contributed by atoms with Gasteiger partial charge >= 0.3 is 0 Å². The molecule has 0 bridgehead atoms. The van der Waals surface area contributed by atoms with Crippen LogP contribution in [0.15, 0.2) is 71.8 Å². The Kier molecular flexibility index (Phi) is 6.08. The van der Waals surface area contributed by atoms with Gasteiger partial charge in [-0.25, -0.2) is 10.4 Å². The third-order valence-electron chi connectivity index (χ3n) is 5.09. The van der Waals surface area contributed by atoms with Crippen LogP contribution >= 0.6 is 0 Å². The normalized spacial score (nSPS) is 11.2. The summed E-state index contributed by atoms with van der Waals surface area (Å²) in [6.45, 7) is 2.11. The van der Waals surface area contributed by atoms with E-state index in [1.807, 2.05) is 42.5 Å². The molecule has 1 heterocycles. The number of aryl methyl sites for hydroxylation is 1. The molecule has 0 aliphatic heterocycles. The molecule has 0 atom stereocenters. The fourth-order valence-corrected chi connectivity index (χ4v) is 3.29. The highest BCUT2D eigenvalue weighted by Crippen LogP contribution is 2.18. The van der Waals surface area contributed by atoms with Gasteiger partial charge in [-0.2, -0.15) is 5.10 Å². The third-order valence-corrected chi connectivity index (χ3v) is 5.09. The van der Waals surface area contributed by atoms with Crippen molar-refractivity contribution in [1.82, 2.24) is 15.4 Å². The minimum absolute atomic E-state index is 0.269. The molecule has 0 fully saturated rings. The first-order chi connectivity index (χ1) is 15.1. The second kappa shape index (κ2) is 9.26. The number of carbonyl (C=O) groups is 1. The van der Waals surface area contributed by atoms with Gasteiger partial charge in [-0.1, -0.05) is 43.3 Å². The SMILES string of the molecule is CCc1ccc(/C=N\NC(=O)c2ccc3nc(Cc4ccc(OC)cc4)[nH]c3c2)cc1. The number of ether oxygens (including phenoxy) is 1. The molecule has 0 spiro atoms. The standard InChI is InChI=1S/C25H24N4O2/c1-3-17-4-6-19(7-5-17)16-26-29-25(30)20-10-13-22-23(15-20)28-24(27-22)14-18-8-11-21(31-2)12-9-18/h4-13,15-16H,3,14H2,1-2H3,(H,27,28)(H,29,30)/b26-16-. The summed E-state index contributed by atoms with van der Waals surface area (Å²) in [6, 6.07) is 21.3. The number of benzene rings is 3. The molecule has 1 amide bonds. The van der Waals surface area contributed by atoms with Gasteiger partial charge in [0.05, 0.1) is 24.4 Å². The summed E-state index contributed by atoms with van der Waals surface area (Å²) in [6.07, 6.45) is 3.30. The van der Waals surface area contributed by atoms with Gasteiger partial charge in [0.15, 0.2) is 0 Å². The second-order valence-electron chi connectivity index (χ2n) is 7.23. The van der Waals surface area contributed by atoms with E-state index in [0.717, 1.165) is 40.2 Å². The van der Waals surface area contributed by atoms with E-state index in [2.05, 4.69) is 39.6 Å². The van der Waals surface area contributed by atoms with Gasteiger partial charge in [0, 0.05) is 12.0 Å². The van der Waals surface area contributed by atoms with E-state index in [1.165, 1.54) is 5.56 Å². The zero-order valence-electron chi connectivity index (χ0n) is 17.6. The molecule has 3 aromatic carbocycles. The lowest BCUT2D eigenvalue weighted by molar-refractivity contribution is 0.0955. The maximum Gasteiger partial charge on any atom is 0.271 e. The molecule has 156 valence electrons. The smallest absolute Gasteiger partial charge is 0.271 e. The predicted molar refractivity (Wildman–Crippen MR) is 123 cm³/mol. The summed E-state index contributed by atoms with van der Waals surface area (Å²) < 4.78 is 5.19. The monoisotopic (exact) mass is 412 g/mol. The van der Waals surface area contributed by atoms with Gasteiger partial charge in [0.25, 0.3) is 5.91 Å². The van der Waals surface area contributed by atoms with Gasteiger partial charge in [0.1, 0.15) is 11.6 Å². The zero-order valence-corrected chi connectivity index (χ0v) is 17.6. The topological polar surface area (TPSA) is 79.4 Å². The molecular formula is C25H24N4O2. The summed E-state index contributed by atoms with van der Waals surface area (Å²) in [5, 5.41) is 4.07. The van der Waals surface area contributed by atoms with E-state index >= 15 is 0 Å². The average molecular weight is 412 g/mol. The Balaban J connectivity index is 1.42. The summed E-state index contributed by atoms with van der Waals surface area (Å²) >= 11 is 0. The number of imidazole rings is 1. The first-order valence-electron chi connectivity index (χ1n) is 10.2. The highest BCUT2D eigenvalue weighted by atomic mass is 16.5. The van der Waals surface area contributed by atoms with Crippen molar-refractivity contribution >= 4 is 23.2 Å². The number of methoxy groups -OCH3 is 1. The van der Waals surface area contributed by atoms with Gasteiger partial charge < -0.3 is 9.72 Å². The van der Waals surface area contributed by atoms with Crippen molar-refractivity contribution in [2.24, 2.45) is 5.10 Å². The van der Waals surface area contributed by atoms with Crippen LogP contribution in [0.5, 0.6) is 5.75 Å². The highest BCUT2D eigenvalue weighted by Gasteiger charge is 2.09. The van der Waals surface area contributed by atoms with Crippen LogP contribution in [0.2, 0.25) is 0 Å². The Hall–Kier alpha value is -3.93. The lowest BCUT2D eigenvalue weighted by atomic mass is 10.1. The third kappa shape index (κ3) is 4.98. The summed E-state index contributed by atoms with van der Waals surface area (Å²) in [5.74, 6) is 1.39. The van der Waals surface area contributed by atoms with Crippen LogP contribution in [0.25, 0.3) is 11.0 Å². The number of aromatic amines is 1. The number of hydrogen-bond acceptors (Lipinski definition) is 4. The minimum Gasteiger partial charge on any atom is -0.497 e. The minimum atomic E-state index is -0.269. The molecule has 6 nitrogen and oxygen atoms in total. The molecule has 31 heavy (non-hydrogen) atoms. The molecule has 0 radical (unpaired) electrons. The van der Waals surface area contributed by atoms with Crippen LogP contribution in [-0.4, -0.2) is 29.2 Å². The van der Waals surface area contributed by atoms with Crippen molar-refractivity contribution in [1.29, 1.82) is 0 Å². The number of rotatable bonds is 7. The molecule has 0 aliphatic rings. The summed E-state index contributed by atoms with van der Waals surface area (Å²) in [4.78, 5) is 20.4. The van der Waals surface area contributed by atoms with E-state index < -0.39 is 0 Å². The lowest BCUT2D eigenvalue weighted by Crippen LogP contribution is -2.17. The molecular weight excluding hydrogens is 388 g/mol. The fraction of sp³-hybridized carbons (Fsp3) is 0.160. The van der Waals surface area contributed by atoms with E-state index in [-0.39, 0.29) is 5.91 Å². The van der Waals surface area contributed by atoms with Gasteiger partial charge in [-0.3, -0.25) is 4.79 Å². The zero-order chi connectivity index (χ0) is 21.6. The van der Waals surface area contributed by atoms with Crippen molar-refractivity contribution < 1.29 is 9.53 Å². The molecule has 2 N–H and O–H groups in total. The number of hydrazone groups is 1. The van der Waals surface area contributed by atoms with Gasteiger partial charge in [0.2, 0.25) is 0 Å². The van der Waals surface area contributed by atoms with E-state index in [1.54, 1.807) is 25.5 Å². The largest absolute Gasteiger partial charge is 0.497 e. The molecule has 0 saturated heterocycles. The quantitative estimate of drug-likeness (QED) is 0.347. The Bertz CT molecular complexity index is 1210. The average Bonchev–Trinajstić information content (AvgIpc) is 3.21. The summed E-state index contributed by atoms with van der Waals surface area (Å²) in [7, 11) is 1.65. The first kappa shape index (κ1) is 20.3. The molecule has 4 aromatic rings. The van der Waals surface area contributed by atoms with E-state index in [9.17, 15) is 4.79 Å². The predicted octanol–water partition coefficient (Wildman–Crippen LogP) is 4.49. The van der Waals surface area contributed by atoms with Crippen LogP contribution in [0.1, 0.15) is 39.8 Å². The molecule has 6 heteroatoms. The number of carbonyl (C=O) groups excluding carboxylic acids is 1. The Labute approximate surface area is 181 Å². The highest BCUT2D eigenvalue weighted by molar-refractivity contribution is 5.97. The fourth-order valence-electron chi connectivity index (χ4n) is 3.29. The van der Waals surface area contributed by atoms with Gasteiger partial charge in [-0.05, 0) is 53.4 Å². The molecule has 0 unspecified atom stereocenters. The number of nitrogens with one attached hydrogen (secondary N) is 2. The lowest BCUT2D eigenvalue weighted by Gasteiger charge is -2.01. The Morgan fingerprint density at radius 2 is 1.81 bits per heavy atom. The van der Waals surface area contributed by atoms with Crippen LogP contribution < -0.4 is 10.2 Å². The van der Waals surface area contributed by atoms with Crippen molar-refractivity contribution in [3.8, 4) is 5.75 Å². The van der Waals surface area contributed by atoms with Crippen LogP contribution in [0.3, 0.4) is 0 Å². The first-order valence-corrected chi connectivity index (χ1v) is 10.2. The van der Waals surface area contributed by atoms with Crippen molar-refractivity contribution in [3.05, 3.63) is 94.8 Å². The van der Waals surface area contributed by atoms with Crippen molar-refractivity contribution in [2.45, 2.75) is 19.8 Å². The Morgan fingerprint density at radius 1 is 1.06 bits per heavy atom. The molecule has 4 rings (SSSR count). The van der Waals surface area contributed by atoms with Crippen molar-refractivity contribution in [2.75, 3.05) is 7.11 Å². The summed E-state index contributed by atoms with van der Waals surface area (Å²) in [5.41, 5.74) is 8.06. The maximum absolute atomic E-state index is 12.5. The number of amides is 1. The molecule has 0 saturated carbocycles. The van der Waals surface area contributed by atoms with Crippen LogP contribution in [0, 0.1) is 0 Å². The molecule has 0 aliphatic carbocycles. The van der Waals surface area contributed by atoms with E-state index in [0.29, 0.717) is 12.0 Å².